The quantitative estimate of drug-likeness (QED) is 0.518. The van der Waals surface area contributed by atoms with Crippen LogP contribution in [-0.2, 0) is 7.05 Å². The summed E-state index contributed by atoms with van der Waals surface area (Å²) in [5.41, 5.74) is 4.33. The predicted molar refractivity (Wildman–Crippen MR) is 123 cm³/mol. The normalized spacial score (nSPS) is 19.1. The molecule has 8 heteroatoms. The van der Waals surface area contributed by atoms with Crippen molar-refractivity contribution in [2.45, 2.75) is 25.9 Å². The number of piperazine rings is 1. The van der Waals surface area contributed by atoms with Crippen LogP contribution in [0.3, 0.4) is 0 Å². The molecule has 0 radical (unpaired) electrons. The molecule has 7 nitrogen and oxygen atoms in total. The topological polar surface area (TPSA) is 82.7 Å². The molecule has 1 saturated heterocycles. The summed E-state index contributed by atoms with van der Waals surface area (Å²) < 4.78 is 1.71. The number of anilines is 1. The Bertz CT molecular complexity index is 1340. The van der Waals surface area contributed by atoms with Crippen molar-refractivity contribution in [1.29, 1.82) is 5.26 Å². The molecule has 156 valence electrons. The van der Waals surface area contributed by atoms with Crippen molar-refractivity contribution >= 4 is 39.2 Å². The summed E-state index contributed by atoms with van der Waals surface area (Å²) >= 11 is 6.68. The summed E-state index contributed by atoms with van der Waals surface area (Å²) in [6.07, 6.45) is 3.76. The van der Waals surface area contributed by atoms with E-state index in [-0.39, 0.29) is 0 Å². The molecule has 0 aliphatic carbocycles. The lowest BCUT2D eigenvalue weighted by Crippen LogP contribution is -2.54. The molecule has 0 bridgehead atoms. The summed E-state index contributed by atoms with van der Waals surface area (Å²) in [4.78, 5) is 11.7. The van der Waals surface area contributed by atoms with Crippen LogP contribution in [-0.4, -0.2) is 44.9 Å². The fraction of sp³-hybridized carbons (Fsp3) is 0.304. The maximum absolute atomic E-state index is 9.57. The maximum Gasteiger partial charge on any atom is 0.161 e. The smallest absolute Gasteiger partial charge is 0.161 e. The van der Waals surface area contributed by atoms with E-state index in [0.29, 0.717) is 39.5 Å². The Hall–Kier alpha value is -3.21. The third-order valence-corrected chi connectivity index (χ3v) is 5.97. The Morgan fingerprint density at radius 3 is 2.68 bits per heavy atom. The molecule has 0 spiro atoms. The summed E-state index contributed by atoms with van der Waals surface area (Å²) in [5, 5.41) is 19.8. The standard InChI is InChI=1S/C23H22ClN7/c1-13-10-31(11-14(2)27-13)18-6-19-20(24)7-21(28-23(19)26-9-18)15-4-16(8-25)22-17(5-15)12-30(3)29-22/h4-7,9,12-14,27H,10-11H2,1-3H3/t13-,14+. The van der Waals surface area contributed by atoms with Gasteiger partial charge in [0.25, 0.3) is 0 Å². The Morgan fingerprint density at radius 1 is 1.16 bits per heavy atom. The van der Waals surface area contributed by atoms with Gasteiger partial charge in [0.1, 0.15) is 11.6 Å². The number of aryl methyl sites for hydroxylation is 1. The van der Waals surface area contributed by atoms with Crippen LogP contribution in [0.15, 0.2) is 36.7 Å². The number of rotatable bonds is 2. The number of nitrogens with one attached hydrogen (secondary N) is 1. The van der Waals surface area contributed by atoms with Crippen LogP contribution in [0.25, 0.3) is 33.2 Å². The van der Waals surface area contributed by atoms with Gasteiger partial charge in [-0.2, -0.15) is 10.4 Å². The first-order valence-electron chi connectivity index (χ1n) is 10.3. The van der Waals surface area contributed by atoms with Crippen LogP contribution < -0.4 is 10.2 Å². The minimum Gasteiger partial charge on any atom is -0.367 e. The zero-order chi connectivity index (χ0) is 21.7. The number of pyridine rings is 2. The lowest BCUT2D eigenvalue weighted by atomic mass is 10.0. The summed E-state index contributed by atoms with van der Waals surface area (Å²) in [6, 6.07) is 10.7. The summed E-state index contributed by atoms with van der Waals surface area (Å²) in [7, 11) is 1.84. The largest absolute Gasteiger partial charge is 0.367 e. The first kappa shape index (κ1) is 19.7. The molecule has 0 saturated carbocycles. The Balaban J connectivity index is 1.58. The van der Waals surface area contributed by atoms with Crippen molar-refractivity contribution in [3.8, 4) is 17.3 Å². The molecule has 5 rings (SSSR count). The lowest BCUT2D eigenvalue weighted by Gasteiger charge is -2.37. The van der Waals surface area contributed by atoms with E-state index in [2.05, 4.69) is 46.3 Å². The zero-order valence-electron chi connectivity index (χ0n) is 17.6. The van der Waals surface area contributed by atoms with Gasteiger partial charge >= 0.3 is 0 Å². The van der Waals surface area contributed by atoms with Gasteiger partial charge in [-0.3, -0.25) is 4.68 Å². The van der Waals surface area contributed by atoms with E-state index in [0.717, 1.165) is 35.1 Å². The van der Waals surface area contributed by atoms with Crippen LogP contribution in [0.4, 0.5) is 5.69 Å². The first-order valence-corrected chi connectivity index (χ1v) is 10.6. The van der Waals surface area contributed by atoms with Crippen LogP contribution in [0.1, 0.15) is 19.4 Å². The fourth-order valence-electron chi connectivity index (χ4n) is 4.40. The van der Waals surface area contributed by atoms with Gasteiger partial charge in [-0.1, -0.05) is 11.6 Å². The highest BCUT2D eigenvalue weighted by atomic mass is 35.5. The molecule has 2 atom stereocenters. The van der Waals surface area contributed by atoms with Crippen LogP contribution >= 0.6 is 11.6 Å². The minimum absolute atomic E-state index is 0.409. The number of hydrogen-bond donors (Lipinski definition) is 1. The Morgan fingerprint density at radius 2 is 1.94 bits per heavy atom. The van der Waals surface area contributed by atoms with Crippen molar-refractivity contribution in [2.75, 3.05) is 18.0 Å². The van der Waals surface area contributed by atoms with Gasteiger partial charge in [0.2, 0.25) is 0 Å². The van der Waals surface area contributed by atoms with Crippen molar-refractivity contribution < 1.29 is 0 Å². The Kier molecular flexibility index (Phi) is 4.77. The predicted octanol–water partition coefficient (Wildman–Crippen LogP) is 3.90. The van der Waals surface area contributed by atoms with Crippen molar-refractivity contribution in [2.24, 2.45) is 7.05 Å². The van der Waals surface area contributed by atoms with Gasteiger partial charge in [-0.05, 0) is 38.1 Å². The lowest BCUT2D eigenvalue weighted by molar-refractivity contribution is 0.407. The molecule has 1 N–H and O–H groups in total. The van der Waals surface area contributed by atoms with E-state index in [1.54, 1.807) is 10.7 Å². The third kappa shape index (κ3) is 3.58. The highest BCUT2D eigenvalue weighted by Gasteiger charge is 2.22. The van der Waals surface area contributed by atoms with E-state index >= 15 is 0 Å². The van der Waals surface area contributed by atoms with Gasteiger partial charge in [-0.15, -0.1) is 0 Å². The number of hydrogen-bond acceptors (Lipinski definition) is 6. The SMILES string of the molecule is C[C@@H]1CN(c2cnc3nc(-c4cc(C#N)c5nn(C)cc5c4)cc(Cl)c3c2)C[C@H](C)N1. The molecular formula is C23H22ClN7. The number of aromatic nitrogens is 4. The number of halogens is 1. The molecule has 31 heavy (non-hydrogen) atoms. The Labute approximate surface area is 185 Å². The third-order valence-electron chi connectivity index (χ3n) is 5.66. The second-order valence-electron chi connectivity index (χ2n) is 8.30. The molecule has 1 aliphatic heterocycles. The molecule has 1 aromatic carbocycles. The molecule has 4 heterocycles. The van der Waals surface area contributed by atoms with Crippen molar-refractivity contribution in [1.82, 2.24) is 25.1 Å². The van der Waals surface area contributed by atoms with E-state index in [1.165, 1.54) is 0 Å². The molecule has 1 fully saturated rings. The molecule has 3 aromatic heterocycles. The highest BCUT2D eigenvalue weighted by Crippen LogP contribution is 2.32. The summed E-state index contributed by atoms with van der Waals surface area (Å²) in [6.45, 7) is 6.21. The molecule has 4 aromatic rings. The van der Waals surface area contributed by atoms with Gasteiger partial charge in [0.05, 0.1) is 28.2 Å². The fourth-order valence-corrected chi connectivity index (χ4v) is 4.64. The number of nitriles is 1. The highest BCUT2D eigenvalue weighted by molar-refractivity contribution is 6.35. The summed E-state index contributed by atoms with van der Waals surface area (Å²) in [5.74, 6) is 0. The molecular weight excluding hydrogens is 410 g/mol. The van der Waals surface area contributed by atoms with Gasteiger partial charge in [0.15, 0.2) is 5.65 Å². The molecule has 0 unspecified atom stereocenters. The van der Waals surface area contributed by atoms with Crippen LogP contribution in [0, 0.1) is 11.3 Å². The number of nitrogens with zero attached hydrogens (tertiary/aromatic N) is 6. The average molecular weight is 432 g/mol. The van der Waals surface area contributed by atoms with Crippen LogP contribution in [0.5, 0.6) is 0 Å². The maximum atomic E-state index is 9.57. The van der Waals surface area contributed by atoms with Gasteiger partial charge in [-0.25, -0.2) is 9.97 Å². The second kappa shape index (κ2) is 7.49. The van der Waals surface area contributed by atoms with Gasteiger partial charge in [0, 0.05) is 54.8 Å². The first-order chi connectivity index (χ1) is 14.9. The molecule has 1 aliphatic rings. The minimum atomic E-state index is 0.409. The number of benzene rings is 1. The zero-order valence-corrected chi connectivity index (χ0v) is 18.4. The van der Waals surface area contributed by atoms with E-state index in [9.17, 15) is 5.26 Å². The van der Waals surface area contributed by atoms with Crippen LogP contribution in [0.2, 0.25) is 5.02 Å². The molecule has 0 amide bonds. The van der Waals surface area contributed by atoms with E-state index < -0.39 is 0 Å². The van der Waals surface area contributed by atoms with Crippen molar-refractivity contribution in [3.05, 3.63) is 47.2 Å². The average Bonchev–Trinajstić information content (AvgIpc) is 3.12. The van der Waals surface area contributed by atoms with Gasteiger partial charge < -0.3 is 10.2 Å². The van der Waals surface area contributed by atoms with Crippen molar-refractivity contribution in [3.63, 3.8) is 0 Å². The number of fused-ring (bicyclic) bond motifs is 2. The van der Waals surface area contributed by atoms with E-state index in [1.807, 2.05) is 31.6 Å². The van der Waals surface area contributed by atoms with E-state index in [4.69, 9.17) is 16.6 Å². The second-order valence-corrected chi connectivity index (χ2v) is 8.71. The monoisotopic (exact) mass is 431 g/mol.